The van der Waals surface area contributed by atoms with E-state index in [1.807, 2.05) is 0 Å². The molecule has 0 nitrogen and oxygen atoms in total. The van der Waals surface area contributed by atoms with E-state index in [9.17, 15) is 0 Å². The SMILES string of the molecule is CC1(C)CCC2C[C@@H]21. The van der Waals surface area contributed by atoms with Crippen LogP contribution in [0.1, 0.15) is 33.1 Å². The van der Waals surface area contributed by atoms with Crippen molar-refractivity contribution < 1.29 is 0 Å². The Morgan fingerprint density at radius 3 is 2.25 bits per heavy atom. The highest BCUT2D eigenvalue weighted by molar-refractivity contribution is 5.02. The van der Waals surface area contributed by atoms with Gasteiger partial charge >= 0.3 is 0 Å². The third-order valence-corrected chi connectivity index (χ3v) is 3.09. The van der Waals surface area contributed by atoms with Crippen LogP contribution in [0.5, 0.6) is 0 Å². The zero-order chi connectivity index (χ0) is 5.78. The number of hydrogen-bond donors (Lipinski definition) is 0. The first-order chi connectivity index (χ1) is 3.70. The Hall–Kier alpha value is 0. The maximum atomic E-state index is 2.42. The molecule has 0 amide bonds. The zero-order valence-corrected chi connectivity index (χ0v) is 5.78. The summed E-state index contributed by atoms with van der Waals surface area (Å²) >= 11 is 0. The summed E-state index contributed by atoms with van der Waals surface area (Å²) in [6.45, 7) is 4.84. The van der Waals surface area contributed by atoms with Crippen molar-refractivity contribution in [1.29, 1.82) is 0 Å². The molecule has 8 heavy (non-hydrogen) atoms. The molecular formula is C8H14. The van der Waals surface area contributed by atoms with Crippen LogP contribution in [0.15, 0.2) is 0 Å². The summed E-state index contributed by atoms with van der Waals surface area (Å²) in [5, 5.41) is 0. The molecule has 0 radical (unpaired) electrons. The smallest absolute Gasteiger partial charge is 0.0323 e. The highest BCUT2D eigenvalue weighted by Crippen LogP contribution is 2.61. The van der Waals surface area contributed by atoms with Crippen molar-refractivity contribution in [3.05, 3.63) is 0 Å². The number of fused-ring (bicyclic) bond motifs is 1. The van der Waals surface area contributed by atoms with Gasteiger partial charge in [0.15, 0.2) is 0 Å². The predicted octanol–water partition coefficient (Wildman–Crippen LogP) is 2.44. The van der Waals surface area contributed by atoms with Gasteiger partial charge in [-0.05, 0) is 36.5 Å². The molecule has 2 saturated carbocycles. The monoisotopic (exact) mass is 110 g/mol. The van der Waals surface area contributed by atoms with Crippen molar-refractivity contribution in [2.75, 3.05) is 0 Å². The molecule has 0 aromatic rings. The van der Waals surface area contributed by atoms with Gasteiger partial charge in [0.1, 0.15) is 0 Å². The number of rotatable bonds is 0. The van der Waals surface area contributed by atoms with Crippen LogP contribution in [0.3, 0.4) is 0 Å². The molecular weight excluding hydrogens is 96.1 g/mol. The minimum Gasteiger partial charge on any atom is -0.0596 e. The second-order valence-corrected chi connectivity index (χ2v) is 4.13. The number of hydrogen-bond acceptors (Lipinski definition) is 0. The Morgan fingerprint density at radius 1 is 1.38 bits per heavy atom. The molecule has 0 aromatic carbocycles. The second-order valence-electron chi connectivity index (χ2n) is 4.13. The first kappa shape index (κ1) is 4.84. The minimum atomic E-state index is 0.727. The van der Waals surface area contributed by atoms with Gasteiger partial charge in [0, 0.05) is 0 Å². The third kappa shape index (κ3) is 0.463. The summed E-state index contributed by atoms with van der Waals surface area (Å²) in [6.07, 6.45) is 4.56. The summed E-state index contributed by atoms with van der Waals surface area (Å²) < 4.78 is 0. The predicted molar refractivity (Wildman–Crippen MR) is 34.6 cm³/mol. The van der Waals surface area contributed by atoms with Gasteiger partial charge in [-0.3, -0.25) is 0 Å². The zero-order valence-electron chi connectivity index (χ0n) is 5.78. The lowest BCUT2D eigenvalue weighted by Gasteiger charge is -2.18. The van der Waals surface area contributed by atoms with E-state index in [4.69, 9.17) is 0 Å². The van der Waals surface area contributed by atoms with E-state index >= 15 is 0 Å². The molecule has 0 N–H and O–H groups in total. The topological polar surface area (TPSA) is 0 Å². The Bertz CT molecular complexity index is 113. The molecule has 0 spiro atoms. The van der Waals surface area contributed by atoms with Crippen molar-refractivity contribution in [1.82, 2.24) is 0 Å². The molecule has 2 aliphatic carbocycles. The van der Waals surface area contributed by atoms with Crippen LogP contribution in [-0.4, -0.2) is 0 Å². The van der Waals surface area contributed by atoms with Gasteiger partial charge in [-0.25, -0.2) is 0 Å². The van der Waals surface area contributed by atoms with E-state index in [-0.39, 0.29) is 0 Å². The van der Waals surface area contributed by atoms with Gasteiger partial charge in [-0.15, -0.1) is 0 Å². The van der Waals surface area contributed by atoms with E-state index in [0.29, 0.717) is 0 Å². The molecule has 0 heterocycles. The normalized spacial score (nSPS) is 48.8. The maximum absolute atomic E-state index is 2.42. The van der Waals surface area contributed by atoms with Gasteiger partial charge < -0.3 is 0 Å². The van der Waals surface area contributed by atoms with Gasteiger partial charge in [0.25, 0.3) is 0 Å². The van der Waals surface area contributed by atoms with Crippen molar-refractivity contribution >= 4 is 0 Å². The van der Waals surface area contributed by atoms with Crippen molar-refractivity contribution in [2.45, 2.75) is 33.1 Å². The summed E-state index contributed by atoms with van der Waals surface area (Å²) in [7, 11) is 0. The van der Waals surface area contributed by atoms with Crippen LogP contribution >= 0.6 is 0 Å². The Kier molecular flexibility index (Phi) is 0.678. The van der Waals surface area contributed by atoms with Crippen LogP contribution in [0.2, 0.25) is 0 Å². The van der Waals surface area contributed by atoms with Crippen molar-refractivity contribution in [3.8, 4) is 0 Å². The minimum absolute atomic E-state index is 0.727. The lowest BCUT2D eigenvalue weighted by molar-refractivity contribution is 0.325. The largest absolute Gasteiger partial charge is 0.0596 e. The summed E-state index contributed by atoms with van der Waals surface area (Å²) in [4.78, 5) is 0. The molecule has 0 bridgehead atoms. The molecule has 2 atom stereocenters. The van der Waals surface area contributed by atoms with E-state index in [2.05, 4.69) is 13.8 Å². The maximum Gasteiger partial charge on any atom is -0.0323 e. The van der Waals surface area contributed by atoms with E-state index in [1.54, 1.807) is 6.42 Å². The Balaban J connectivity index is 2.17. The van der Waals surface area contributed by atoms with Crippen molar-refractivity contribution in [2.24, 2.45) is 17.3 Å². The van der Waals surface area contributed by atoms with Crippen LogP contribution < -0.4 is 0 Å². The molecule has 1 unspecified atom stereocenters. The quantitative estimate of drug-likeness (QED) is 0.449. The highest BCUT2D eigenvalue weighted by atomic mass is 14.6. The molecule has 2 aliphatic rings. The molecule has 0 aromatic heterocycles. The molecule has 46 valence electrons. The van der Waals surface area contributed by atoms with Crippen LogP contribution in [0.25, 0.3) is 0 Å². The molecule has 2 rings (SSSR count). The average molecular weight is 110 g/mol. The van der Waals surface area contributed by atoms with Gasteiger partial charge in [0.2, 0.25) is 0 Å². The van der Waals surface area contributed by atoms with E-state index in [1.165, 1.54) is 12.8 Å². The first-order valence-electron chi connectivity index (χ1n) is 3.70. The lowest BCUT2D eigenvalue weighted by Crippen LogP contribution is -2.08. The lowest BCUT2D eigenvalue weighted by atomic mass is 9.88. The Morgan fingerprint density at radius 2 is 2.12 bits per heavy atom. The first-order valence-corrected chi connectivity index (χ1v) is 3.70. The fourth-order valence-electron chi connectivity index (χ4n) is 2.27. The van der Waals surface area contributed by atoms with Gasteiger partial charge in [-0.1, -0.05) is 13.8 Å². The molecule has 0 heteroatoms. The fourth-order valence-corrected chi connectivity index (χ4v) is 2.27. The highest BCUT2D eigenvalue weighted by Gasteiger charge is 2.52. The molecule has 2 fully saturated rings. The molecule has 0 aliphatic heterocycles. The van der Waals surface area contributed by atoms with E-state index < -0.39 is 0 Å². The summed E-state index contributed by atoms with van der Waals surface area (Å²) in [5.74, 6) is 2.28. The van der Waals surface area contributed by atoms with Gasteiger partial charge in [-0.2, -0.15) is 0 Å². The second kappa shape index (κ2) is 1.12. The standard InChI is InChI=1S/C8H14/c1-8(2)4-3-6-5-7(6)8/h6-7H,3-5H2,1-2H3/t6?,7-/m0/s1. The van der Waals surface area contributed by atoms with Crippen LogP contribution in [0, 0.1) is 17.3 Å². The Labute approximate surface area is 51.3 Å². The van der Waals surface area contributed by atoms with Crippen LogP contribution in [-0.2, 0) is 0 Å². The summed E-state index contributed by atoms with van der Waals surface area (Å²) in [6, 6.07) is 0. The fraction of sp³-hybridized carbons (Fsp3) is 1.00. The van der Waals surface area contributed by atoms with Crippen molar-refractivity contribution in [3.63, 3.8) is 0 Å². The third-order valence-electron chi connectivity index (χ3n) is 3.09. The molecule has 0 saturated heterocycles. The average Bonchev–Trinajstić information content (AvgIpc) is 2.34. The van der Waals surface area contributed by atoms with Gasteiger partial charge in [0.05, 0.1) is 0 Å². The summed E-state index contributed by atoms with van der Waals surface area (Å²) in [5.41, 5.74) is 0.727. The van der Waals surface area contributed by atoms with Crippen LogP contribution in [0.4, 0.5) is 0 Å². The van der Waals surface area contributed by atoms with E-state index in [0.717, 1.165) is 17.3 Å².